The van der Waals surface area contributed by atoms with E-state index in [1.54, 1.807) is 19.1 Å². The third-order valence-corrected chi connectivity index (χ3v) is 3.54. The molecule has 0 radical (unpaired) electrons. The number of fused-ring (bicyclic) bond motifs is 3. The number of anilines is 1. The maximum Gasteiger partial charge on any atom is 0.248 e. The Bertz CT molecular complexity index is 669. The van der Waals surface area contributed by atoms with Gasteiger partial charge in [0.25, 0.3) is 0 Å². The van der Waals surface area contributed by atoms with Crippen LogP contribution < -0.4 is 10.9 Å². The zero-order valence-electron chi connectivity index (χ0n) is 10.4. The molecule has 1 atom stereocenters. The predicted molar refractivity (Wildman–Crippen MR) is 71.9 cm³/mol. The summed E-state index contributed by atoms with van der Waals surface area (Å²) in [5.74, 6) is 4.83. The monoisotopic (exact) mass is 256 g/mol. The molecule has 19 heavy (non-hydrogen) atoms. The van der Waals surface area contributed by atoms with Gasteiger partial charge in [0.15, 0.2) is 0 Å². The second-order valence-electron chi connectivity index (χ2n) is 4.68. The van der Waals surface area contributed by atoms with E-state index in [2.05, 4.69) is 0 Å². The fourth-order valence-electron chi connectivity index (χ4n) is 2.51. The van der Waals surface area contributed by atoms with Crippen molar-refractivity contribution in [3.05, 3.63) is 53.8 Å². The van der Waals surface area contributed by atoms with Crippen LogP contribution in [0.15, 0.2) is 42.5 Å². The van der Waals surface area contributed by atoms with E-state index >= 15 is 0 Å². The average molecular weight is 256 g/mol. The Morgan fingerprint density at radius 3 is 2.68 bits per heavy atom. The predicted octanol–water partition coefficient (Wildman–Crippen LogP) is 2.82. The van der Waals surface area contributed by atoms with Crippen molar-refractivity contribution in [2.24, 2.45) is 5.84 Å². The summed E-state index contributed by atoms with van der Waals surface area (Å²) in [5.41, 5.74) is 3.01. The van der Waals surface area contributed by atoms with Gasteiger partial charge < -0.3 is 0 Å². The quantitative estimate of drug-likeness (QED) is 0.582. The molecule has 2 aromatic rings. The van der Waals surface area contributed by atoms with Crippen molar-refractivity contribution in [2.75, 3.05) is 5.01 Å². The largest absolute Gasteiger partial charge is 0.272 e. The molecule has 0 bridgehead atoms. The topological polar surface area (TPSA) is 46.3 Å². The first-order chi connectivity index (χ1) is 9.09. The first-order valence-electron chi connectivity index (χ1n) is 6.07. The number of hydrogen-bond acceptors (Lipinski definition) is 2. The number of para-hydroxylation sites is 1. The highest BCUT2D eigenvalue weighted by Gasteiger charge is 2.29. The van der Waals surface area contributed by atoms with Crippen molar-refractivity contribution in [2.45, 2.75) is 12.8 Å². The van der Waals surface area contributed by atoms with Crippen LogP contribution in [0.5, 0.6) is 0 Å². The van der Waals surface area contributed by atoms with E-state index in [9.17, 15) is 9.18 Å². The molecule has 1 aliphatic heterocycles. The molecule has 0 fully saturated rings. The Labute approximate surface area is 110 Å². The second-order valence-corrected chi connectivity index (χ2v) is 4.68. The SMILES string of the molecule is CC1C(=O)N(N)c2ccccc2-c2ccc(F)cc21. The Hall–Kier alpha value is -2.20. The zero-order chi connectivity index (χ0) is 13.6. The fraction of sp³-hybridized carbons (Fsp3) is 0.133. The van der Waals surface area contributed by atoms with Crippen LogP contribution >= 0.6 is 0 Å². The van der Waals surface area contributed by atoms with Gasteiger partial charge in [-0.1, -0.05) is 24.3 Å². The minimum Gasteiger partial charge on any atom is -0.272 e. The number of hydrazine groups is 1. The Morgan fingerprint density at radius 2 is 1.89 bits per heavy atom. The first kappa shape index (κ1) is 11.9. The summed E-state index contributed by atoms with van der Waals surface area (Å²) in [6, 6.07) is 11.9. The number of rotatable bonds is 0. The minimum atomic E-state index is -0.469. The van der Waals surface area contributed by atoms with Crippen molar-refractivity contribution in [1.82, 2.24) is 0 Å². The van der Waals surface area contributed by atoms with Gasteiger partial charge in [-0.25, -0.2) is 15.2 Å². The lowest BCUT2D eigenvalue weighted by Gasteiger charge is -2.18. The van der Waals surface area contributed by atoms with Gasteiger partial charge in [0.1, 0.15) is 5.82 Å². The number of carbonyl (C=O) groups is 1. The molecule has 0 aromatic heterocycles. The molecular formula is C15H13FN2O. The highest BCUT2D eigenvalue weighted by Crippen LogP contribution is 2.39. The molecule has 2 aromatic carbocycles. The van der Waals surface area contributed by atoms with E-state index in [4.69, 9.17) is 5.84 Å². The highest BCUT2D eigenvalue weighted by molar-refractivity contribution is 6.04. The molecule has 3 nitrogen and oxygen atoms in total. The molecule has 96 valence electrons. The van der Waals surface area contributed by atoms with Gasteiger partial charge in [-0.05, 0) is 36.2 Å². The van der Waals surface area contributed by atoms with Crippen molar-refractivity contribution in [1.29, 1.82) is 0 Å². The van der Waals surface area contributed by atoms with E-state index < -0.39 is 5.92 Å². The Morgan fingerprint density at radius 1 is 1.16 bits per heavy atom. The summed E-state index contributed by atoms with van der Waals surface area (Å²) in [6.45, 7) is 1.74. The van der Waals surface area contributed by atoms with E-state index in [0.717, 1.165) is 16.1 Å². The van der Waals surface area contributed by atoms with Crippen molar-refractivity contribution >= 4 is 11.6 Å². The number of amides is 1. The van der Waals surface area contributed by atoms with Gasteiger partial charge in [0, 0.05) is 5.56 Å². The maximum absolute atomic E-state index is 13.4. The number of benzene rings is 2. The average Bonchev–Trinajstić information content (AvgIpc) is 2.51. The Balaban J connectivity index is 2.36. The lowest BCUT2D eigenvalue weighted by Crippen LogP contribution is -2.39. The van der Waals surface area contributed by atoms with Crippen LogP contribution in [0.3, 0.4) is 0 Å². The Kier molecular flexibility index (Phi) is 2.61. The molecule has 2 N–H and O–H groups in total. The number of carbonyl (C=O) groups excluding carboxylic acids is 1. The molecule has 0 saturated heterocycles. The van der Waals surface area contributed by atoms with E-state index in [-0.39, 0.29) is 11.7 Å². The number of nitrogens with two attached hydrogens (primary N) is 1. The van der Waals surface area contributed by atoms with Gasteiger partial charge in [0.2, 0.25) is 5.91 Å². The van der Waals surface area contributed by atoms with Crippen LogP contribution in [0.2, 0.25) is 0 Å². The molecule has 1 aliphatic rings. The molecule has 0 spiro atoms. The van der Waals surface area contributed by atoms with Crippen molar-refractivity contribution in [3.63, 3.8) is 0 Å². The van der Waals surface area contributed by atoms with Crippen molar-refractivity contribution < 1.29 is 9.18 Å². The van der Waals surface area contributed by atoms with Gasteiger partial charge in [-0.15, -0.1) is 0 Å². The van der Waals surface area contributed by atoms with E-state index in [1.165, 1.54) is 12.1 Å². The van der Waals surface area contributed by atoms with Gasteiger partial charge in [-0.2, -0.15) is 0 Å². The molecule has 0 aliphatic carbocycles. The lowest BCUT2D eigenvalue weighted by molar-refractivity contribution is -0.119. The lowest BCUT2D eigenvalue weighted by atomic mass is 9.92. The summed E-state index contributed by atoms with van der Waals surface area (Å²) in [5, 5.41) is 1.15. The molecule has 0 saturated carbocycles. The maximum atomic E-state index is 13.4. The standard InChI is InChI=1S/C15H13FN2O/c1-9-13-8-10(16)6-7-11(13)12-4-2-3-5-14(12)18(17)15(9)19/h2-9H,17H2,1H3. The summed E-state index contributed by atoms with van der Waals surface area (Å²) < 4.78 is 13.4. The van der Waals surface area contributed by atoms with Crippen LogP contribution in [0.1, 0.15) is 18.4 Å². The van der Waals surface area contributed by atoms with Gasteiger partial charge in [-0.3, -0.25) is 4.79 Å². The fourth-order valence-corrected chi connectivity index (χ4v) is 2.51. The first-order valence-corrected chi connectivity index (χ1v) is 6.07. The molecule has 4 heteroatoms. The van der Waals surface area contributed by atoms with Gasteiger partial charge in [0.05, 0.1) is 11.6 Å². The third-order valence-electron chi connectivity index (χ3n) is 3.54. The van der Waals surface area contributed by atoms with Crippen LogP contribution in [0.4, 0.5) is 10.1 Å². The summed E-state index contributed by atoms with van der Waals surface area (Å²) in [6.07, 6.45) is 0. The summed E-state index contributed by atoms with van der Waals surface area (Å²) in [4.78, 5) is 12.3. The normalized spacial score (nSPS) is 17.7. The van der Waals surface area contributed by atoms with Crippen LogP contribution in [0, 0.1) is 5.82 Å². The minimum absolute atomic E-state index is 0.239. The zero-order valence-corrected chi connectivity index (χ0v) is 10.4. The third kappa shape index (κ3) is 1.72. The second kappa shape index (κ2) is 4.17. The van der Waals surface area contributed by atoms with Crippen LogP contribution in [-0.4, -0.2) is 5.91 Å². The molecule has 1 heterocycles. The number of hydrogen-bond donors (Lipinski definition) is 1. The highest BCUT2D eigenvalue weighted by atomic mass is 19.1. The summed E-state index contributed by atoms with van der Waals surface area (Å²) in [7, 11) is 0. The van der Waals surface area contributed by atoms with Crippen molar-refractivity contribution in [3.8, 4) is 11.1 Å². The molecule has 3 rings (SSSR count). The number of halogens is 1. The van der Waals surface area contributed by atoms with Crippen LogP contribution in [0.25, 0.3) is 11.1 Å². The van der Waals surface area contributed by atoms with E-state index in [1.807, 2.05) is 18.2 Å². The smallest absolute Gasteiger partial charge is 0.248 e. The summed E-state index contributed by atoms with van der Waals surface area (Å²) >= 11 is 0. The molecule has 1 unspecified atom stereocenters. The van der Waals surface area contributed by atoms with E-state index in [0.29, 0.717) is 11.3 Å². The van der Waals surface area contributed by atoms with Crippen LogP contribution in [-0.2, 0) is 4.79 Å². The van der Waals surface area contributed by atoms with Gasteiger partial charge >= 0.3 is 0 Å². The number of nitrogens with zero attached hydrogens (tertiary/aromatic N) is 1. The molecular weight excluding hydrogens is 243 g/mol. The molecule has 1 amide bonds.